The topological polar surface area (TPSA) is 49.4 Å². The summed E-state index contributed by atoms with van der Waals surface area (Å²) >= 11 is 5.84. The molecule has 1 heterocycles. The maximum atomic E-state index is 12.7. The van der Waals surface area contributed by atoms with Crippen molar-refractivity contribution < 1.29 is 9.59 Å². The van der Waals surface area contributed by atoms with Crippen LogP contribution in [0.2, 0.25) is 5.02 Å². The van der Waals surface area contributed by atoms with Gasteiger partial charge in [0.1, 0.15) is 0 Å². The van der Waals surface area contributed by atoms with E-state index in [-0.39, 0.29) is 11.8 Å². The van der Waals surface area contributed by atoms with Crippen molar-refractivity contribution in [3.05, 3.63) is 71.2 Å². The Morgan fingerprint density at radius 1 is 1.00 bits per heavy atom. The van der Waals surface area contributed by atoms with E-state index in [1.165, 1.54) is 0 Å². The van der Waals surface area contributed by atoms with Crippen LogP contribution in [0.3, 0.4) is 0 Å². The minimum Gasteiger partial charge on any atom is -0.326 e. The molecule has 0 atom stereocenters. The largest absolute Gasteiger partial charge is 0.326 e. The van der Waals surface area contributed by atoms with E-state index < -0.39 is 0 Å². The molecule has 0 spiro atoms. The molecule has 26 heavy (non-hydrogen) atoms. The van der Waals surface area contributed by atoms with Gasteiger partial charge in [-0.1, -0.05) is 35.9 Å². The number of anilines is 2. The van der Waals surface area contributed by atoms with Crippen molar-refractivity contribution in [3.63, 3.8) is 0 Å². The van der Waals surface area contributed by atoms with E-state index in [9.17, 15) is 9.59 Å². The minimum absolute atomic E-state index is 0.00918. The van der Waals surface area contributed by atoms with Crippen LogP contribution < -0.4 is 10.2 Å². The third kappa shape index (κ3) is 3.04. The van der Waals surface area contributed by atoms with Crippen LogP contribution in [-0.2, 0) is 4.79 Å². The van der Waals surface area contributed by atoms with Crippen molar-refractivity contribution in [2.24, 2.45) is 0 Å². The van der Waals surface area contributed by atoms with Crippen LogP contribution in [0.4, 0.5) is 11.4 Å². The Morgan fingerprint density at radius 3 is 2.50 bits per heavy atom. The summed E-state index contributed by atoms with van der Waals surface area (Å²) in [6, 6.07) is 18.7. The maximum Gasteiger partial charge on any atom is 0.258 e. The fraction of sp³-hybridized carbons (Fsp3) is 0.143. The van der Waals surface area contributed by atoms with E-state index in [0.29, 0.717) is 30.1 Å². The van der Waals surface area contributed by atoms with E-state index in [1.54, 1.807) is 29.2 Å². The molecule has 0 unspecified atom stereocenters. The third-order valence-electron chi connectivity index (χ3n) is 4.56. The lowest BCUT2D eigenvalue weighted by Crippen LogP contribution is -2.28. The quantitative estimate of drug-likeness (QED) is 0.702. The van der Waals surface area contributed by atoms with Crippen LogP contribution in [0, 0.1) is 0 Å². The van der Waals surface area contributed by atoms with E-state index in [2.05, 4.69) is 5.32 Å². The van der Waals surface area contributed by atoms with Gasteiger partial charge in [0, 0.05) is 34.6 Å². The number of nitrogens with one attached hydrogen (secondary N) is 1. The van der Waals surface area contributed by atoms with Crippen molar-refractivity contribution in [3.8, 4) is 0 Å². The lowest BCUT2D eigenvalue weighted by atomic mass is 10.1. The molecule has 130 valence electrons. The molecule has 1 aliphatic rings. The molecule has 1 N–H and O–H groups in total. The monoisotopic (exact) mass is 364 g/mol. The Bertz CT molecular complexity index is 993. The summed E-state index contributed by atoms with van der Waals surface area (Å²) in [5.41, 5.74) is 2.39. The average molecular weight is 365 g/mol. The summed E-state index contributed by atoms with van der Waals surface area (Å²) in [6.45, 7) is 0.515. The molecule has 2 amide bonds. The van der Waals surface area contributed by atoms with Crippen LogP contribution in [0.25, 0.3) is 10.8 Å². The molecule has 0 saturated carbocycles. The van der Waals surface area contributed by atoms with Gasteiger partial charge in [-0.2, -0.15) is 0 Å². The molecule has 0 saturated heterocycles. The number of carbonyl (C=O) groups excluding carboxylic acids is 2. The van der Waals surface area contributed by atoms with Gasteiger partial charge in [0.25, 0.3) is 5.91 Å². The maximum absolute atomic E-state index is 12.7. The summed E-state index contributed by atoms with van der Waals surface area (Å²) in [7, 11) is 0. The first kappa shape index (κ1) is 16.6. The summed E-state index contributed by atoms with van der Waals surface area (Å²) < 4.78 is 0. The third-order valence-corrected chi connectivity index (χ3v) is 4.81. The van der Waals surface area contributed by atoms with Gasteiger partial charge in [-0.25, -0.2) is 0 Å². The van der Waals surface area contributed by atoms with Gasteiger partial charge >= 0.3 is 0 Å². The van der Waals surface area contributed by atoms with Crippen molar-refractivity contribution in [2.75, 3.05) is 16.8 Å². The standard InChI is InChI=1S/C21H17ClN2O2/c22-15-9-11-16(12-10-15)23-19(25)8-3-13-24-18-7-2-5-14-4-1-6-17(20(14)18)21(24)26/h1-2,4-7,9-12H,3,8,13H2,(H,23,25). The molecule has 5 heteroatoms. The predicted octanol–water partition coefficient (Wildman–Crippen LogP) is 4.87. The first-order chi connectivity index (χ1) is 12.6. The SMILES string of the molecule is O=C(CCCN1C(=O)c2cccc3cccc1c23)Nc1ccc(Cl)cc1. The zero-order chi connectivity index (χ0) is 18.1. The van der Waals surface area contributed by atoms with Crippen LogP contribution >= 0.6 is 11.6 Å². The van der Waals surface area contributed by atoms with E-state index in [4.69, 9.17) is 11.6 Å². The van der Waals surface area contributed by atoms with E-state index >= 15 is 0 Å². The number of carbonyl (C=O) groups is 2. The summed E-state index contributed by atoms with van der Waals surface area (Å²) in [5, 5.41) is 5.54. The number of hydrogen-bond donors (Lipinski definition) is 1. The Labute approximate surface area is 156 Å². The minimum atomic E-state index is -0.0744. The number of benzene rings is 3. The fourth-order valence-corrected chi connectivity index (χ4v) is 3.48. The van der Waals surface area contributed by atoms with Crippen molar-refractivity contribution >= 4 is 45.6 Å². The average Bonchev–Trinajstić information content (AvgIpc) is 2.92. The molecule has 0 aliphatic carbocycles. The lowest BCUT2D eigenvalue weighted by Gasteiger charge is -2.17. The molecule has 4 nitrogen and oxygen atoms in total. The van der Waals surface area contributed by atoms with Gasteiger partial charge in [0.15, 0.2) is 0 Å². The van der Waals surface area contributed by atoms with Gasteiger partial charge < -0.3 is 10.2 Å². The van der Waals surface area contributed by atoms with Crippen LogP contribution in [0.5, 0.6) is 0 Å². The van der Waals surface area contributed by atoms with Crippen LogP contribution in [0.1, 0.15) is 23.2 Å². The van der Waals surface area contributed by atoms with E-state index in [1.807, 2.05) is 36.4 Å². The summed E-state index contributed by atoms with van der Waals surface area (Å²) in [4.78, 5) is 26.6. The molecule has 0 bridgehead atoms. The highest BCUT2D eigenvalue weighted by molar-refractivity contribution is 6.30. The van der Waals surface area contributed by atoms with Gasteiger partial charge in [0.05, 0.1) is 5.69 Å². The Balaban J connectivity index is 1.40. The van der Waals surface area contributed by atoms with Gasteiger partial charge in [-0.3, -0.25) is 9.59 Å². The molecule has 3 aromatic carbocycles. The highest BCUT2D eigenvalue weighted by atomic mass is 35.5. The molecule has 0 fully saturated rings. The molecule has 1 aliphatic heterocycles. The number of amides is 2. The van der Waals surface area contributed by atoms with Crippen molar-refractivity contribution in [2.45, 2.75) is 12.8 Å². The van der Waals surface area contributed by atoms with Crippen LogP contribution in [-0.4, -0.2) is 18.4 Å². The number of nitrogens with zero attached hydrogens (tertiary/aromatic N) is 1. The molecular weight excluding hydrogens is 348 g/mol. The van der Waals surface area contributed by atoms with E-state index in [0.717, 1.165) is 22.0 Å². The van der Waals surface area contributed by atoms with Gasteiger partial charge in [-0.15, -0.1) is 0 Å². The van der Waals surface area contributed by atoms with Crippen molar-refractivity contribution in [1.29, 1.82) is 0 Å². The second-order valence-electron chi connectivity index (χ2n) is 6.30. The second-order valence-corrected chi connectivity index (χ2v) is 6.73. The molecule has 0 aromatic heterocycles. The van der Waals surface area contributed by atoms with Crippen LogP contribution in [0.15, 0.2) is 60.7 Å². The summed E-state index contributed by atoms with van der Waals surface area (Å²) in [5.74, 6) is -0.0652. The van der Waals surface area contributed by atoms with Gasteiger partial charge in [0.2, 0.25) is 5.91 Å². The van der Waals surface area contributed by atoms with Gasteiger partial charge in [-0.05, 0) is 48.2 Å². The first-order valence-corrected chi connectivity index (χ1v) is 8.90. The molecule has 0 radical (unpaired) electrons. The number of rotatable bonds is 5. The molecule has 4 rings (SSSR count). The zero-order valence-corrected chi connectivity index (χ0v) is 14.8. The number of halogens is 1. The lowest BCUT2D eigenvalue weighted by molar-refractivity contribution is -0.116. The smallest absolute Gasteiger partial charge is 0.258 e. The Morgan fingerprint density at radius 2 is 1.73 bits per heavy atom. The Kier molecular flexibility index (Phi) is 4.35. The second kappa shape index (κ2) is 6.81. The normalized spacial score (nSPS) is 12.7. The number of hydrogen-bond acceptors (Lipinski definition) is 2. The zero-order valence-electron chi connectivity index (χ0n) is 14.0. The summed E-state index contributed by atoms with van der Waals surface area (Å²) in [6.07, 6.45) is 0.939. The molecule has 3 aromatic rings. The first-order valence-electron chi connectivity index (χ1n) is 8.52. The predicted molar refractivity (Wildman–Crippen MR) is 105 cm³/mol. The highest BCUT2D eigenvalue weighted by Crippen LogP contribution is 2.37. The fourth-order valence-electron chi connectivity index (χ4n) is 3.36. The van der Waals surface area contributed by atoms with Crippen molar-refractivity contribution in [1.82, 2.24) is 0 Å². The highest BCUT2D eigenvalue weighted by Gasteiger charge is 2.28. The Hall–Kier alpha value is -2.85. The molecular formula is C21H17ClN2O2.